The van der Waals surface area contributed by atoms with Crippen molar-refractivity contribution in [2.24, 2.45) is 0 Å². The van der Waals surface area contributed by atoms with E-state index >= 15 is 0 Å². The summed E-state index contributed by atoms with van der Waals surface area (Å²) in [6.07, 6.45) is 2.29. The maximum atomic E-state index is 5.24. The molecule has 0 aromatic rings. The molecule has 2 unspecified atom stereocenters. The molecule has 0 N–H and O–H groups in total. The van der Waals surface area contributed by atoms with Crippen LogP contribution in [0.25, 0.3) is 0 Å². The zero-order valence-corrected chi connectivity index (χ0v) is 6.68. The number of hydrogen-bond acceptors (Lipinski definition) is 2. The lowest BCUT2D eigenvalue weighted by Gasteiger charge is -2.04. The number of rotatable bonds is 1. The lowest BCUT2D eigenvalue weighted by atomic mass is 10.2. The van der Waals surface area contributed by atoms with E-state index in [1.165, 1.54) is 5.57 Å². The molecular formula is C6H11O2P. The van der Waals surface area contributed by atoms with Gasteiger partial charge in [-0.05, 0) is 19.4 Å². The SMILES string of the molecule is C/C=C(\C)C1COPO1. The number of hydrogen-bond donors (Lipinski definition) is 0. The summed E-state index contributed by atoms with van der Waals surface area (Å²) in [6.45, 7) is 4.80. The van der Waals surface area contributed by atoms with Crippen LogP contribution in [-0.4, -0.2) is 12.7 Å². The first-order chi connectivity index (χ1) is 4.34. The van der Waals surface area contributed by atoms with Crippen LogP contribution in [-0.2, 0) is 9.05 Å². The van der Waals surface area contributed by atoms with Crippen LogP contribution in [0.2, 0.25) is 0 Å². The molecule has 1 rings (SSSR count). The Morgan fingerprint density at radius 3 is 3.00 bits per heavy atom. The first kappa shape index (κ1) is 7.20. The van der Waals surface area contributed by atoms with Gasteiger partial charge in [0.25, 0.3) is 0 Å². The first-order valence-corrected chi connectivity index (χ1v) is 3.81. The Morgan fingerprint density at radius 1 is 1.78 bits per heavy atom. The van der Waals surface area contributed by atoms with Gasteiger partial charge in [-0.2, -0.15) is 0 Å². The Kier molecular flexibility index (Phi) is 2.65. The summed E-state index contributed by atoms with van der Waals surface area (Å²) < 4.78 is 10.3. The monoisotopic (exact) mass is 146 g/mol. The maximum Gasteiger partial charge on any atom is 0.155 e. The van der Waals surface area contributed by atoms with E-state index in [0.717, 1.165) is 6.61 Å². The predicted molar refractivity (Wildman–Crippen MR) is 38.6 cm³/mol. The molecule has 1 saturated heterocycles. The van der Waals surface area contributed by atoms with Crippen LogP contribution in [0.5, 0.6) is 0 Å². The normalized spacial score (nSPS) is 31.8. The molecule has 1 aliphatic heterocycles. The van der Waals surface area contributed by atoms with Crippen LogP contribution >= 0.6 is 9.03 Å². The maximum absolute atomic E-state index is 5.24. The zero-order chi connectivity index (χ0) is 6.69. The van der Waals surface area contributed by atoms with Gasteiger partial charge in [0.2, 0.25) is 0 Å². The smallest absolute Gasteiger partial charge is 0.155 e. The van der Waals surface area contributed by atoms with E-state index in [-0.39, 0.29) is 15.1 Å². The van der Waals surface area contributed by atoms with Gasteiger partial charge >= 0.3 is 0 Å². The highest BCUT2D eigenvalue weighted by Crippen LogP contribution is 2.28. The van der Waals surface area contributed by atoms with E-state index in [0.29, 0.717) is 0 Å². The fourth-order valence-corrected chi connectivity index (χ4v) is 1.30. The van der Waals surface area contributed by atoms with Crippen molar-refractivity contribution in [2.75, 3.05) is 6.61 Å². The lowest BCUT2D eigenvalue weighted by Crippen LogP contribution is -2.09. The topological polar surface area (TPSA) is 18.5 Å². The van der Waals surface area contributed by atoms with E-state index < -0.39 is 0 Å². The highest BCUT2D eigenvalue weighted by Gasteiger charge is 2.16. The molecule has 2 atom stereocenters. The van der Waals surface area contributed by atoms with Crippen molar-refractivity contribution >= 4 is 9.03 Å². The van der Waals surface area contributed by atoms with E-state index in [1.54, 1.807) is 0 Å². The van der Waals surface area contributed by atoms with E-state index in [1.807, 2.05) is 6.92 Å². The van der Waals surface area contributed by atoms with Crippen molar-refractivity contribution in [3.8, 4) is 0 Å². The van der Waals surface area contributed by atoms with Gasteiger partial charge in [0, 0.05) is 0 Å². The number of allylic oxidation sites excluding steroid dienone is 1. The Labute approximate surface area is 57.2 Å². The van der Waals surface area contributed by atoms with Crippen LogP contribution < -0.4 is 0 Å². The fourth-order valence-electron chi connectivity index (χ4n) is 0.646. The average Bonchev–Trinajstić information content (AvgIpc) is 2.37. The molecule has 0 aromatic heterocycles. The van der Waals surface area contributed by atoms with Gasteiger partial charge in [0.1, 0.15) is 6.10 Å². The van der Waals surface area contributed by atoms with Crippen LogP contribution in [0.1, 0.15) is 13.8 Å². The third-order valence-electron chi connectivity index (χ3n) is 1.45. The van der Waals surface area contributed by atoms with Crippen LogP contribution in [0.3, 0.4) is 0 Å². The van der Waals surface area contributed by atoms with Gasteiger partial charge in [-0.15, -0.1) is 0 Å². The molecule has 3 heteroatoms. The molecule has 0 bridgehead atoms. The zero-order valence-electron chi connectivity index (χ0n) is 5.68. The second-order valence-corrected chi connectivity index (χ2v) is 2.72. The highest BCUT2D eigenvalue weighted by molar-refractivity contribution is 7.26. The minimum absolute atomic E-state index is 0.230. The van der Waals surface area contributed by atoms with Crippen LogP contribution in [0.15, 0.2) is 11.6 Å². The van der Waals surface area contributed by atoms with E-state index in [4.69, 9.17) is 9.05 Å². The second-order valence-electron chi connectivity index (χ2n) is 2.03. The summed E-state index contributed by atoms with van der Waals surface area (Å²) >= 11 is 0. The molecule has 9 heavy (non-hydrogen) atoms. The van der Waals surface area contributed by atoms with Crippen molar-refractivity contribution in [2.45, 2.75) is 20.0 Å². The van der Waals surface area contributed by atoms with Gasteiger partial charge < -0.3 is 9.05 Å². The largest absolute Gasteiger partial charge is 0.333 e. The van der Waals surface area contributed by atoms with Gasteiger partial charge in [-0.3, -0.25) is 0 Å². The summed E-state index contributed by atoms with van der Waals surface area (Å²) in [4.78, 5) is 0. The quantitative estimate of drug-likeness (QED) is 0.415. The van der Waals surface area contributed by atoms with Crippen molar-refractivity contribution in [3.05, 3.63) is 11.6 Å². The van der Waals surface area contributed by atoms with Crippen LogP contribution in [0.4, 0.5) is 0 Å². The summed E-state index contributed by atoms with van der Waals surface area (Å²) in [7, 11) is 0.244. The molecular weight excluding hydrogens is 135 g/mol. The molecule has 0 aromatic carbocycles. The molecule has 1 fully saturated rings. The first-order valence-electron chi connectivity index (χ1n) is 3.00. The second kappa shape index (κ2) is 3.31. The van der Waals surface area contributed by atoms with Gasteiger partial charge in [0.15, 0.2) is 9.03 Å². The van der Waals surface area contributed by atoms with Gasteiger partial charge in [0.05, 0.1) is 6.61 Å². The molecule has 2 nitrogen and oxygen atoms in total. The Balaban J connectivity index is 2.42. The van der Waals surface area contributed by atoms with E-state index in [9.17, 15) is 0 Å². The molecule has 0 aliphatic carbocycles. The van der Waals surface area contributed by atoms with Crippen molar-refractivity contribution in [1.29, 1.82) is 0 Å². The summed E-state index contributed by atoms with van der Waals surface area (Å²) in [6, 6.07) is 0. The minimum Gasteiger partial charge on any atom is -0.333 e. The van der Waals surface area contributed by atoms with Crippen molar-refractivity contribution in [1.82, 2.24) is 0 Å². The fraction of sp³-hybridized carbons (Fsp3) is 0.667. The Bertz CT molecular complexity index is 116. The third kappa shape index (κ3) is 1.75. The molecule has 1 aliphatic rings. The standard InChI is InChI=1S/C6H11O2P/c1-3-5(2)6-4-7-9-8-6/h3,6,9H,4H2,1-2H3/b5-3+. The molecule has 52 valence electrons. The summed E-state index contributed by atoms with van der Waals surface area (Å²) in [5.74, 6) is 0. The predicted octanol–water partition coefficient (Wildman–Crippen LogP) is 1.88. The average molecular weight is 146 g/mol. The highest BCUT2D eigenvalue weighted by atomic mass is 31.1. The molecule has 0 amide bonds. The van der Waals surface area contributed by atoms with Gasteiger partial charge in [-0.25, -0.2) is 0 Å². The molecule has 0 radical (unpaired) electrons. The third-order valence-corrected chi connectivity index (χ3v) is 2.11. The summed E-state index contributed by atoms with van der Waals surface area (Å²) in [5.41, 5.74) is 1.26. The van der Waals surface area contributed by atoms with Crippen molar-refractivity contribution in [3.63, 3.8) is 0 Å². The Morgan fingerprint density at radius 2 is 2.56 bits per heavy atom. The van der Waals surface area contributed by atoms with E-state index in [2.05, 4.69) is 13.0 Å². The molecule has 1 heterocycles. The Hall–Kier alpha value is 0.0900. The van der Waals surface area contributed by atoms with Crippen LogP contribution in [0, 0.1) is 0 Å². The molecule has 0 saturated carbocycles. The lowest BCUT2D eigenvalue weighted by molar-refractivity contribution is 0.279. The molecule has 0 spiro atoms. The van der Waals surface area contributed by atoms with Crippen molar-refractivity contribution < 1.29 is 9.05 Å². The summed E-state index contributed by atoms with van der Waals surface area (Å²) in [5, 5.41) is 0. The minimum atomic E-state index is 0.230. The van der Waals surface area contributed by atoms with Gasteiger partial charge in [-0.1, -0.05) is 6.08 Å².